The smallest absolute Gasteiger partial charge is 0.273 e. The zero-order valence-electron chi connectivity index (χ0n) is 11.6. The molecule has 0 spiro atoms. The molecule has 2 rings (SSSR count). The molecule has 1 aliphatic carbocycles. The minimum atomic E-state index is -0.170. The van der Waals surface area contributed by atoms with Crippen LogP contribution in [0.15, 0.2) is 6.20 Å². The molecule has 1 heterocycles. The number of carbonyl (C=O) groups is 1. The van der Waals surface area contributed by atoms with E-state index in [-0.39, 0.29) is 11.4 Å². The van der Waals surface area contributed by atoms with Crippen molar-refractivity contribution in [3.8, 4) is 0 Å². The molecule has 0 unspecified atom stereocenters. The summed E-state index contributed by atoms with van der Waals surface area (Å²) in [7, 11) is 4.12. The summed E-state index contributed by atoms with van der Waals surface area (Å²) < 4.78 is 1.58. The Kier molecular flexibility index (Phi) is 4.16. The van der Waals surface area contributed by atoms with Crippen molar-refractivity contribution < 1.29 is 4.79 Å². The SMILES string of the molecule is CN(C)C1(CNC(=O)c2cn(CCN)nn2)CCC1. The second-order valence-electron chi connectivity index (χ2n) is 5.31. The lowest BCUT2D eigenvalue weighted by atomic mass is 9.75. The molecule has 106 valence electrons. The molecule has 1 aromatic heterocycles. The summed E-state index contributed by atoms with van der Waals surface area (Å²) in [4.78, 5) is 14.2. The van der Waals surface area contributed by atoms with Crippen LogP contribution in [0.3, 0.4) is 0 Å². The van der Waals surface area contributed by atoms with Gasteiger partial charge < -0.3 is 16.0 Å². The minimum absolute atomic E-state index is 0.114. The molecule has 1 amide bonds. The molecule has 0 aliphatic heterocycles. The average Bonchev–Trinajstić information content (AvgIpc) is 2.76. The maximum atomic E-state index is 12.0. The quantitative estimate of drug-likeness (QED) is 0.721. The van der Waals surface area contributed by atoms with E-state index in [1.54, 1.807) is 10.9 Å². The van der Waals surface area contributed by atoms with Gasteiger partial charge in [0.15, 0.2) is 5.69 Å². The summed E-state index contributed by atoms with van der Waals surface area (Å²) in [5.74, 6) is -0.170. The summed E-state index contributed by atoms with van der Waals surface area (Å²) in [6, 6.07) is 0. The standard InChI is InChI=1S/C12H22N6O/c1-17(2)12(4-3-5-12)9-14-11(19)10-8-18(7-6-13)16-15-10/h8H,3-7,9,13H2,1-2H3,(H,14,19). The number of likely N-dealkylation sites (N-methyl/N-ethyl adjacent to an activating group) is 1. The maximum absolute atomic E-state index is 12.0. The number of nitrogens with two attached hydrogens (primary N) is 1. The molecule has 7 nitrogen and oxygen atoms in total. The van der Waals surface area contributed by atoms with Gasteiger partial charge in [-0.3, -0.25) is 9.48 Å². The highest BCUT2D eigenvalue weighted by molar-refractivity contribution is 5.91. The van der Waals surface area contributed by atoms with Crippen molar-refractivity contribution >= 4 is 5.91 Å². The molecule has 1 saturated carbocycles. The predicted molar refractivity (Wildman–Crippen MR) is 71.7 cm³/mol. The zero-order chi connectivity index (χ0) is 13.9. The Morgan fingerprint density at radius 1 is 1.58 bits per heavy atom. The number of aromatic nitrogens is 3. The van der Waals surface area contributed by atoms with Crippen LogP contribution in [-0.2, 0) is 6.54 Å². The molecule has 3 N–H and O–H groups in total. The molecule has 0 bridgehead atoms. The first-order valence-corrected chi connectivity index (χ1v) is 6.63. The Labute approximate surface area is 113 Å². The first kappa shape index (κ1) is 14.0. The van der Waals surface area contributed by atoms with E-state index in [2.05, 4.69) is 34.6 Å². The maximum Gasteiger partial charge on any atom is 0.273 e. The Balaban J connectivity index is 1.90. The van der Waals surface area contributed by atoms with Crippen LogP contribution in [0, 0.1) is 0 Å². The second-order valence-corrected chi connectivity index (χ2v) is 5.31. The third kappa shape index (κ3) is 2.93. The monoisotopic (exact) mass is 266 g/mol. The lowest BCUT2D eigenvalue weighted by molar-refractivity contribution is 0.0556. The molecule has 0 aromatic carbocycles. The van der Waals surface area contributed by atoms with Crippen molar-refractivity contribution in [2.45, 2.75) is 31.3 Å². The highest BCUT2D eigenvalue weighted by Crippen LogP contribution is 2.35. The summed E-state index contributed by atoms with van der Waals surface area (Å²) in [6.45, 7) is 1.71. The largest absolute Gasteiger partial charge is 0.349 e. The van der Waals surface area contributed by atoms with Gasteiger partial charge in [0.05, 0.1) is 12.7 Å². The van der Waals surface area contributed by atoms with Crippen LogP contribution in [-0.4, -0.2) is 58.5 Å². The Morgan fingerprint density at radius 2 is 2.32 bits per heavy atom. The second kappa shape index (κ2) is 5.66. The van der Waals surface area contributed by atoms with Crippen LogP contribution in [0.25, 0.3) is 0 Å². The van der Waals surface area contributed by atoms with Crippen molar-refractivity contribution in [3.63, 3.8) is 0 Å². The van der Waals surface area contributed by atoms with E-state index in [0.717, 1.165) is 12.8 Å². The van der Waals surface area contributed by atoms with Gasteiger partial charge in [-0.05, 0) is 33.4 Å². The van der Waals surface area contributed by atoms with Crippen LogP contribution in [0.4, 0.5) is 0 Å². The van der Waals surface area contributed by atoms with E-state index in [1.165, 1.54) is 6.42 Å². The van der Waals surface area contributed by atoms with Gasteiger partial charge in [0, 0.05) is 18.6 Å². The third-order valence-electron chi connectivity index (χ3n) is 3.94. The molecule has 1 aromatic rings. The van der Waals surface area contributed by atoms with Gasteiger partial charge in [-0.2, -0.15) is 0 Å². The number of nitrogens with one attached hydrogen (secondary N) is 1. The van der Waals surface area contributed by atoms with Gasteiger partial charge in [-0.15, -0.1) is 5.10 Å². The lowest BCUT2D eigenvalue weighted by Gasteiger charge is -2.47. The Bertz CT molecular complexity index is 437. The fourth-order valence-corrected chi connectivity index (χ4v) is 2.35. The van der Waals surface area contributed by atoms with Gasteiger partial charge >= 0.3 is 0 Å². The first-order chi connectivity index (χ1) is 9.07. The van der Waals surface area contributed by atoms with Crippen molar-refractivity contribution in [2.75, 3.05) is 27.2 Å². The summed E-state index contributed by atoms with van der Waals surface area (Å²) in [6.07, 6.45) is 5.10. The number of hydrogen-bond donors (Lipinski definition) is 2. The molecule has 0 atom stereocenters. The van der Waals surface area contributed by atoms with Gasteiger partial charge in [0.25, 0.3) is 5.91 Å². The minimum Gasteiger partial charge on any atom is -0.349 e. The number of amides is 1. The van der Waals surface area contributed by atoms with E-state index < -0.39 is 0 Å². The number of rotatable bonds is 6. The summed E-state index contributed by atoms with van der Waals surface area (Å²) >= 11 is 0. The van der Waals surface area contributed by atoms with Crippen molar-refractivity contribution in [3.05, 3.63) is 11.9 Å². The highest BCUT2D eigenvalue weighted by Gasteiger charge is 2.39. The normalized spacial score (nSPS) is 17.3. The van der Waals surface area contributed by atoms with E-state index in [0.29, 0.717) is 25.3 Å². The van der Waals surface area contributed by atoms with Crippen molar-refractivity contribution in [1.29, 1.82) is 0 Å². The molecule has 19 heavy (non-hydrogen) atoms. The molecule has 1 aliphatic rings. The van der Waals surface area contributed by atoms with E-state index in [1.807, 2.05) is 0 Å². The van der Waals surface area contributed by atoms with E-state index in [9.17, 15) is 4.79 Å². The Hall–Kier alpha value is -1.47. The molecule has 0 saturated heterocycles. The fourth-order valence-electron chi connectivity index (χ4n) is 2.35. The lowest BCUT2D eigenvalue weighted by Crippen LogP contribution is -2.57. The fraction of sp³-hybridized carbons (Fsp3) is 0.750. The van der Waals surface area contributed by atoms with Crippen LogP contribution >= 0.6 is 0 Å². The summed E-state index contributed by atoms with van der Waals surface area (Å²) in [5, 5.41) is 10.7. The van der Waals surface area contributed by atoms with Crippen LogP contribution in [0.1, 0.15) is 29.8 Å². The zero-order valence-corrected chi connectivity index (χ0v) is 11.6. The number of nitrogens with zero attached hydrogens (tertiary/aromatic N) is 4. The molecular weight excluding hydrogens is 244 g/mol. The molecule has 0 radical (unpaired) electrons. The summed E-state index contributed by atoms with van der Waals surface area (Å²) in [5.41, 5.74) is 5.89. The van der Waals surface area contributed by atoms with E-state index in [4.69, 9.17) is 5.73 Å². The van der Waals surface area contributed by atoms with Gasteiger partial charge in [0.1, 0.15) is 0 Å². The molecular formula is C12H22N6O. The number of carbonyl (C=O) groups excluding carboxylic acids is 1. The first-order valence-electron chi connectivity index (χ1n) is 6.63. The highest BCUT2D eigenvalue weighted by atomic mass is 16.2. The van der Waals surface area contributed by atoms with Gasteiger partial charge in [0.2, 0.25) is 0 Å². The van der Waals surface area contributed by atoms with Gasteiger partial charge in [-0.25, -0.2) is 0 Å². The van der Waals surface area contributed by atoms with Crippen LogP contribution in [0.2, 0.25) is 0 Å². The van der Waals surface area contributed by atoms with Crippen LogP contribution < -0.4 is 11.1 Å². The molecule has 1 fully saturated rings. The van der Waals surface area contributed by atoms with Gasteiger partial charge in [-0.1, -0.05) is 5.21 Å². The van der Waals surface area contributed by atoms with Crippen LogP contribution in [0.5, 0.6) is 0 Å². The topological polar surface area (TPSA) is 89.1 Å². The van der Waals surface area contributed by atoms with Crippen molar-refractivity contribution in [2.24, 2.45) is 5.73 Å². The average molecular weight is 266 g/mol. The molecule has 7 heteroatoms. The van der Waals surface area contributed by atoms with Crippen molar-refractivity contribution in [1.82, 2.24) is 25.2 Å². The number of hydrogen-bond acceptors (Lipinski definition) is 5. The Morgan fingerprint density at radius 3 is 2.84 bits per heavy atom. The van der Waals surface area contributed by atoms with E-state index >= 15 is 0 Å². The third-order valence-corrected chi connectivity index (χ3v) is 3.94. The predicted octanol–water partition coefficient (Wildman–Crippen LogP) is -0.549.